The molecule has 0 saturated heterocycles. The summed E-state index contributed by atoms with van der Waals surface area (Å²) in [5.74, 6) is 1.54. The Bertz CT molecular complexity index is 822. The molecule has 0 fully saturated rings. The van der Waals surface area contributed by atoms with Crippen LogP contribution in [0.3, 0.4) is 0 Å². The molecule has 2 aromatic carbocycles. The Kier molecular flexibility index (Phi) is 4.24. The number of rotatable bonds is 4. The molecule has 122 valence electrons. The van der Waals surface area contributed by atoms with Crippen molar-refractivity contribution in [2.24, 2.45) is 0 Å². The van der Waals surface area contributed by atoms with Gasteiger partial charge >= 0.3 is 0 Å². The summed E-state index contributed by atoms with van der Waals surface area (Å²) in [5.41, 5.74) is 4.39. The van der Waals surface area contributed by atoms with Gasteiger partial charge in [0.2, 0.25) is 0 Å². The molecule has 3 aromatic rings. The van der Waals surface area contributed by atoms with E-state index in [1.54, 1.807) is 0 Å². The van der Waals surface area contributed by atoms with Crippen molar-refractivity contribution < 1.29 is 4.74 Å². The standard InChI is InChI=1S/C19H18ClN3O/c20-15-10-14(19-22-16-8-9-21-11-17(16)23-19)6-7-18(15)24-12-13-4-2-1-3-5-13/h1-7,10,21H,8-9,11-12H2,(H,22,23). The van der Waals surface area contributed by atoms with E-state index in [1.165, 1.54) is 0 Å². The van der Waals surface area contributed by atoms with Gasteiger partial charge in [0.1, 0.15) is 18.2 Å². The maximum absolute atomic E-state index is 6.39. The Hall–Kier alpha value is -2.30. The number of aromatic nitrogens is 2. The van der Waals surface area contributed by atoms with Crippen LogP contribution in [0.25, 0.3) is 11.4 Å². The van der Waals surface area contributed by atoms with Crippen molar-refractivity contribution in [2.45, 2.75) is 19.6 Å². The van der Waals surface area contributed by atoms with Crippen LogP contribution in [-0.4, -0.2) is 16.5 Å². The SMILES string of the molecule is Clc1cc(-c2nc3c([nH]2)CNCC3)ccc1OCc1ccccc1. The van der Waals surface area contributed by atoms with Crippen LogP contribution in [0.15, 0.2) is 48.5 Å². The van der Waals surface area contributed by atoms with Gasteiger partial charge in [-0.2, -0.15) is 0 Å². The molecule has 4 rings (SSSR count). The number of fused-ring (bicyclic) bond motifs is 1. The molecule has 0 radical (unpaired) electrons. The first-order valence-electron chi connectivity index (χ1n) is 8.05. The van der Waals surface area contributed by atoms with E-state index in [9.17, 15) is 0 Å². The molecule has 24 heavy (non-hydrogen) atoms. The highest BCUT2D eigenvalue weighted by molar-refractivity contribution is 6.32. The first-order valence-corrected chi connectivity index (χ1v) is 8.42. The number of benzene rings is 2. The van der Waals surface area contributed by atoms with Gasteiger partial charge in [0.25, 0.3) is 0 Å². The Balaban J connectivity index is 1.52. The van der Waals surface area contributed by atoms with E-state index in [2.05, 4.69) is 10.3 Å². The van der Waals surface area contributed by atoms with Crippen LogP contribution >= 0.6 is 11.6 Å². The van der Waals surface area contributed by atoms with Crippen molar-refractivity contribution in [3.05, 3.63) is 70.5 Å². The Morgan fingerprint density at radius 1 is 1.12 bits per heavy atom. The molecule has 5 heteroatoms. The number of hydrogen-bond acceptors (Lipinski definition) is 3. The highest BCUT2D eigenvalue weighted by Crippen LogP contribution is 2.30. The number of H-pyrrole nitrogens is 1. The summed E-state index contributed by atoms with van der Waals surface area (Å²) in [6.07, 6.45) is 0.956. The number of ether oxygens (including phenoxy) is 1. The number of nitrogens with zero attached hydrogens (tertiary/aromatic N) is 1. The normalized spacial score (nSPS) is 13.5. The van der Waals surface area contributed by atoms with Crippen LogP contribution in [0.5, 0.6) is 5.75 Å². The lowest BCUT2D eigenvalue weighted by Crippen LogP contribution is -2.23. The fraction of sp³-hybridized carbons (Fsp3) is 0.211. The molecule has 2 N–H and O–H groups in total. The van der Waals surface area contributed by atoms with Gasteiger partial charge in [-0.15, -0.1) is 0 Å². The van der Waals surface area contributed by atoms with Gasteiger partial charge < -0.3 is 15.0 Å². The predicted molar refractivity (Wildman–Crippen MR) is 95.2 cm³/mol. The lowest BCUT2D eigenvalue weighted by molar-refractivity contribution is 0.306. The largest absolute Gasteiger partial charge is 0.487 e. The highest BCUT2D eigenvalue weighted by Gasteiger charge is 2.15. The van der Waals surface area contributed by atoms with E-state index in [-0.39, 0.29) is 0 Å². The first kappa shape index (κ1) is 15.2. The molecule has 0 unspecified atom stereocenters. The van der Waals surface area contributed by atoms with Crippen molar-refractivity contribution in [3.8, 4) is 17.1 Å². The number of aromatic amines is 1. The monoisotopic (exact) mass is 339 g/mol. The van der Waals surface area contributed by atoms with Gasteiger partial charge in [-0.25, -0.2) is 4.98 Å². The van der Waals surface area contributed by atoms with Crippen molar-refractivity contribution in [3.63, 3.8) is 0 Å². The van der Waals surface area contributed by atoms with Crippen LogP contribution in [0.4, 0.5) is 0 Å². The second-order valence-corrected chi connectivity index (χ2v) is 6.26. The third kappa shape index (κ3) is 3.16. The maximum Gasteiger partial charge on any atom is 0.138 e. The van der Waals surface area contributed by atoms with E-state index >= 15 is 0 Å². The van der Waals surface area contributed by atoms with Crippen LogP contribution in [0.2, 0.25) is 5.02 Å². The molecule has 0 atom stereocenters. The van der Waals surface area contributed by atoms with Crippen molar-refractivity contribution in [2.75, 3.05) is 6.54 Å². The van der Waals surface area contributed by atoms with Gasteiger partial charge in [-0.05, 0) is 23.8 Å². The molecule has 0 spiro atoms. The topological polar surface area (TPSA) is 49.9 Å². The molecule has 4 nitrogen and oxygen atoms in total. The maximum atomic E-state index is 6.39. The summed E-state index contributed by atoms with van der Waals surface area (Å²) in [5, 5.41) is 3.93. The summed E-state index contributed by atoms with van der Waals surface area (Å²) in [7, 11) is 0. The average molecular weight is 340 g/mol. The average Bonchev–Trinajstić information content (AvgIpc) is 3.06. The minimum atomic E-state index is 0.501. The quantitative estimate of drug-likeness (QED) is 0.756. The highest BCUT2D eigenvalue weighted by atomic mass is 35.5. The van der Waals surface area contributed by atoms with Crippen LogP contribution in [0.1, 0.15) is 17.0 Å². The molecule has 1 aliphatic heterocycles. The fourth-order valence-corrected chi connectivity index (χ4v) is 3.09. The van der Waals surface area contributed by atoms with Gasteiger partial charge in [-0.3, -0.25) is 0 Å². The number of nitrogens with one attached hydrogen (secondary N) is 2. The second kappa shape index (κ2) is 6.67. The molecule has 0 amide bonds. The summed E-state index contributed by atoms with van der Waals surface area (Å²) in [4.78, 5) is 8.07. The molecule has 1 aliphatic rings. The Morgan fingerprint density at radius 2 is 2.00 bits per heavy atom. The van der Waals surface area contributed by atoms with Gasteiger partial charge in [0, 0.05) is 25.1 Å². The lowest BCUT2D eigenvalue weighted by Gasteiger charge is -2.09. The summed E-state index contributed by atoms with van der Waals surface area (Å²) in [6, 6.07) is 15.8. The third-order valence-corrected chi connectivity index (χ3v) is 4.44. The molecular weight excluding hydrogens is 322 g/mol. The summed E-state index contributed by atoms with van der Waals surface area (Å²) < 4.78 is 5.82. The molecule has 2 heterocycles. The lowest BCUT2D eigenvalue weighted by atomic mass is 10.2. The van der Waals surface area contributed by atoms with Gasteiger partial charge in [0.15, 0.2) is 0 Å². The van der Waals surface area contributed by atoms with E-state index in [1.807, 2.05) is 48.5 Å². The van der Waals surface area contributed by atoms with Gasteiger partial charge in [-0.1, -0.05) is 41.9 Å². The molecule has 1 aromatic heterocycles. The zero-order chi connectivity index (χ0) is 16.4. The summed E-state index contributed by atoms with van der Waals surface area (Å²) >= 11 is 6.39. The predicted octanol–water partition coefficient (Wildman–Crippen LogP) is 3.95. The number of hydrogen-bond donors (Lipinski definition) is 2. The fourth-order valence-electron chi connectivity index (χ4n) is 2.86. The summed E-state index contributed by atoms with van der Waals surface area (Å²) in [6.45, 7) is 2.32. The Labute approximate surface area is 145 Å². The van der Waals surface area contributed by atoms with Crippen molar-refractivity contribution >= 4 is 11.6 Å². The second-order valence-electron chi connectivity index (χ2n) is 5.86. The minimum absolute atomic E-state index is 0.501. The van der Waals surface area contributed by atoms with Crippen molar-refractivity contribution in [1.82, 2.24) is 15.3 Å². The van der Waals surface area contributed by atoms with E-state index < -0.39 is 0 Å². The zero-order valence-corrected chi connectivity index (χ0v) is 13.9. The molecule has 0 saturated carbocycles. The van der Waals surface area contributed by atoms with Crippen molar-refractivity contribution in [1.29, 1.82) is 0 Å². The molecule has 0 aliphatic carbocycles. The Morgan fingerprint density at radius 3 is 2.79 bits per heavy atom. The van der Waals surface area contributed by atoms with E-state index in [0.29, 0.717) is 17.4 Å². The van der Waals surface area contributed by atoms with Crippen LogP contribution in [0, 0.1) is 0 Å². The smallest absolute Gasteiger partial charge is 0.138 e. The first-order chi connectivity index (χ1) is 11.8. The zero-order valence-electron chi connectivity index (χ0n) is 13.2. The molecular formula is C19H18ClN3O. The number of imidazole rings is 1. The number of halogens is 1. The van der Waals surface area contributed by atoms with E-state index in [4.69, 9.17) is 21.3 Å². The third-order valence-electron chi connectivity index (χ3n) is 4.15. The van der Waals surface area contributed by atoms with Crippen LogP contribution in [-0.2, 0) is 19.6 Å². The minimum Gasteiger partial charge on any atom is -0.487 e. The van der Waals surface area contributed by atoms with Gasteiger partial charge in [0.05, 0.1) is 16.4 Å². The molecule has 0 bridgehead atoms. The van der Waals surface area contributed by atoms with E-state index in [0.717, 1.165) is 47.8 Å². The van der Waals surface area contributed by atoms with Crippen LogP contribution < -0.4 is 10.1 Å².